The van der Waals surface area contributed by atoms with Crippen LogP contribution >= 0.6 is 0 Å². The van der Waals surface area contributed by atoms with Gasteiger partial charge in [0.05, 0.1) is 24.4 Å². The number of nitrogens with zero attached hydrogens (tertiary/aromatic N) is 3. The lowest BCUT2D eigenvalue weighted by atomic mass is 9.84. The Kier molecular flexibility index (Phi) is 7.44. The Morgan fingerprint density at radius 2 is 1.89 bits per heavy atom. The molecule has 5 rings (SSSR count). The summed E-state index contributed by atoms with van der Waals surface area (Å²) in [6, 6.07) is 3.16. The molecule has 3 unspecified atom stereocenters. The Morgan fingerprint density at radius 1 is 1.11 bits per heavy atom. The molecule has 12 heteroatoms. The number of sulfonamides is 1. The Hall–Kier alpha value is -3.38. The molecule has 1 aliphatic carbocycles. The van der Waals surface area contributed by atoms with Gasteiger partial charge in [-0.25, -0.2) is 8.42 Å². The van der Waals surface area contributed by atoms with Crippen molar-refractivity contribution in [2.24, 2.45) is 5.92 Å². The van der Waals surface area contributed by atoms with Crippen LogP contribution in [0.25, 0.3) is 0 Å². The molecule has 1 saturated carbocycles. The molecule has 1 N–H and O–H groups in total. The number of carbonyl (C=O) groups excluding carboxylic acids is 4. The van der Waals surface area contributed by atoms with Crippen molar-refractivity contribution in [1.82, 2.24) is 19.5 Å². The molecular weight excluding hydrogens is 512 g/mol. The third-order valence-corrected chi connectivity index (χ3v) is 9.45. The standard InChI is InChI=1S/C26H30N4O7S/c31-22-15-30(38(35,36)26(34)19-8-4-5-11-27-19)21-9-12-29(23(21)22)25(33)20(14-17-6-2-1-3-7-17)28-24(32)18-10-13-37-16-18/h4-5,8,10-11,13,16-17,20-21,23H,1-3,6-7,9,12,14-15H2,(H,28,32). The number of Topliss-reactive ketones (excluding diaryl/α,β-unsaturated/α-hetero) is 1. The maximum Gasteiger partial charge on any atom is 0.310 e. The van der Waals surface area contributed by atoms with E-state index in [1.54, 1.807) is 6.07 Å². The third kappa shape index (κ3) is 5.02. The maximum atomic E-state index is 13.8. The molecule has 2 aromatic rings. The molecule has 2 amide bonds. The van der Waals surface area contributed by atoms with Crippen LogP contribution in [0.15, 0.2) is 47.4 Å². The lowest BCUT2D eigenvalue weighted by Gasteiger charge is -2.31. The van der Waals surface area contributed by atoms with Crippen molar-refractivity contribution in [3.8, 4) is 0 Å². The second kappa shape index (κ2) is 10.8. The van der Waals surface area contributed by atoms with Gasteiger partial charge in [0.25, 0.3) is 15.9 Å². The molecule has 0 bridgehead atoms. The number of fused-ring (bicyclic) bond motifs is 1. The van der Waals surface area contributed by atoms with Gasteiger partial charge in [-0.1, -0.05) is 38.2 Å². The number of ketones is 1. The average molecular weight is 543 g/mol. The topological polar surface area (TPSA) is 147 Å². The molecule has 4 heterocycles. The summed E-state index contributed by atoms with van der Waals surface area (Å²) < 4.78 is 32.3. The van der Waals surface area contributed by atoms with Crippen molar-refractivity contribution in [3.63, 3.8) is 0 Å². The molecular formula is C26H30N4O7S. The average Bonchev–Trinajstić information content (AvgIpc) is 3.68. The second-order valence-corrected chi connectivity index (χ2v) is 11.9. The zero-order valence-electron chi connectivity index (χ0n) is 20.8. The summed E-state index contributed by atoms with van der Waals surface area (Å²) in [6.45, 7) is -0.346. The molecule has 3 atom stereocenters. The van der Waals surface area contributed by atoms with Crippen LogP contribution in [0.5, 0.6) is 0 Å². The molecule has 2 aliphatic heterocycles. The zero-order chi connectivity index (χ0) is 26.9. The highest BCUT2D eigenvalue weighted by molar-refractivity contribution is 8.04. The Labute approximate surface area is 220 Å². The summed E-state index contributed by atoms with van der Waals surface area (Å²) >= 11 is 0. The molecule has 202 valence electrons. The van der Waals surface area contributed by atoms with E-state index in [1.807, 2.05) is 0 Å². The minimum absolute atomic E-state index is 0.145. The van der Waals surface area contributed by atoms with Crippen LogP contribution in [0.4, 0.5) is 0 Å². The highest BCUT2D eigenvalue weighted by Crippen LogP contribution is 2.34. The number of hydrogen-bond acceptors (Lipinski definition) is 8. The number of pyridine rings is 1. The summed E-state index contributed by atoms with van der Waals surface area (Å²) in [5.41, 5.74) is 0.0526. The molecule has 0 aromatic carbocycles. The molecule has 3 fully saturated rings. The van der Waals surface area contributed by atoms with Crippen LogP contribution in [0.1, 0.15) is 65.8 Å². The molecule has 11 nitrogen and oxygen atoms in total. The predicted molar refractivity (Wildman–Crippen MR) is 134 cm³/mol. The Morgan fingerprint density at radius 3 is 2.58 bits per heavy atom. The fourth-order valence-corrected chi connectivity index (χ4v) is 7.35. The molecule has 0 spiro atoms. The SMILES string of the molecule is O=C(NC(CC1CCCCC1)C(=O)N1CCC2C1C(=O)CN2S(=O)(=O)C(=O)c1ccccn1)c1ccoc1. The molecule has 3 aliphatic rings. The second-order valence-electron chi connectivity index (χ2n) is 10.1. The number of likely N-dealkylation sites (tertiary alicyclic amines) is 1. The predicted octanol–water partition coefficient (Wildman–Crippen LogP) is 1.77. The van der Waals surface area contributed by atoms with E-state index in [0.717, 1.165) is 36.4 Å². The number of rotatable bonds is 7. The first kappa shape index (κ1) is 26.2. The van der Waals surface area contributed by atoms with E-state index in [0.29, 0.717) is 6.42 Å². The van der Waals surface area contributed by atoms with Gasteiger partial charge in [0, 0.05) is 12.7 Å². The molecule has 0 radical (unpaired) electrons. The number of furan rings is 1. The van der Waals surface area contributed by atoms with Crippen LogP contribution < -0.4 is 5.32 Å². The van der Waals surface area contributed by atoms with E-state index < -0.39 is 57.4 Å². The van der Waals surface area contributed by atoms with Gasteiger partial charge in [0.15, 0.2) is 5.78 Å². The van der Waals surface area contributed by atoms with Crippen molar-refractivity contribution >= 4 is 32.7 Å². The van der Waals surface area contributed by atoms with Crippen molar-refractivity contribution in [1.29, 1.82) is 0 Å². The van der Waals surface area contributed by atoms with Crippen LogP contribution in [0, 0.1) is 5.92 Å². The highest BCUT2D eigenvalue weighted by atomic mass is 32.2. The quantitative estimate of drug-likeness (QED) is 0.557. The minimum atomic E-state index is -4.53. The summed E-state index contributed by atoms with van der Waals surface area (Å²) in [5.74, 6) is -1.06. The van der Waals surface area contributed by atoms with Crippen molar-refractivity contribution in [2.45, 2.75) is 63.1 Å². The number of amides is 2. The lowest BCUT2D eigenvalue weighted by Crippen LogP contribution is -2.53. The van der Waals surface area contributed by atoms with E-state index in [9.17, 15) is 27.6 Å². The van der Waals surface area contributed by atoms with Crippen LogP contribution in [0.2, 0.25) is 0 Å². The number of nitrogens with one attached hydrogen (secondary N) is 1. The normalized spacial score (nSPS) is 23.3. The number of aromatic nitrogens is 1. The van der Waals surface area contributed by atoms with Crippen LogP contribution in [-0.2, 0) is 19.6 Å². The van der Waals surface area contributed by atoms with Crippen molar-refractivity contribution in [3.05, 3.63) is 54.2 Å². The van der Waals surface area contributed by atoms with E-state index in [1.165, 1.54) is 41.8 Å². The van der Waals surface area contributed by atoms with Gasteiger partial charge in [-0.15, -0.1) is 0 Å². The van der Waals surface area contributed by atoms with Gasteiger partial charge >= 0.3 is 5.12 Å². The first-order chi connectivity index (χ1) is 18.3. The van der Waals surface area contributed by atoms with E-state index in [-0.39, 0.29) is 30.1 Å². The van der Waals surface area contributed by atoms with Crippen LogP contribution in [0.3, 0.4) is 0 Å². The monoisotopic (exact) mass is 542 g/mol. The van der Waals surface area contributed by atoms with Gasteiger partial charge in [0.1, 0.15) is 24.0 Å². The van der Waals surface area contributed by atoms with Gasteiger partial charge < -0.3 is 14.6 Å². The Bertz CT molecular complexity index is 1310. The van der Waals surface area contributed by atoms with E-state index in [2.05, 4.69) is 10.3 Å². The lowest BCUT2D eigenvalue weighted by molar-refractivity contribution is -0.138. The summed E-state index contributed by atoms with van der Waals surface area (Å²) in [6.07, 6.45) is 9.81. The van der Waals surface area contributed by atoms with Crippen molar-refractivity contribution in [2.75, 3.05) is 13.1 Å². The van der Waals surface area contributed by atoms with Crippen LogP contribution in [-0.4, -0.2) is 76.5 Å². The van der Waals surface area contributed by atoms with Gasteiger partial charge in [-0.05, 0) is 37.0 Å². The van der Waals surface area contributed by atoms with E-state index >= 15 is 0 Å². The summed E-state index contributed by atoms with van der Waals surface area (Å²) in [4.78, 5) is 57.7. The van der Waals surface area contributed by atoms with E-state index in [4.69, 9.17) is 4.42 Å². The first-order valence-corrected chi connectivity index (χ1v) is 14.3. The number of carbonyl (C=O) groups is 4. The third-order valence-electron chi connectivity index (χ3n) is 7.76. The van der Waals surface area contributed by atoms with Gasteiger partial charge in [-0.2, -0.15) is 4.31 Å². The Balaban J connectivity index is 1.35. The fraction of sp³-hybridized carbons (Fsp3) is 0.500. The molecule has 2 aromatic heterocycles. The van der Waals surface area contributed by atoms with Gasteiger partial charge in [-0.3, -0.25) is 24.2 Å². The summed E-state index contributed by atoms with van der Waals surface area (Å²) in [7, 11) is -4.53. The first-order valence-electron chi connectivity index (χ1n) is 12.9. The number of hydrogen-bond donors (Lipinski definition) is 1. The molecule has 38 heavy (non-hydrogen) atoms. The summed E-state index contributed by atoms with van der Waals surface area (Å²) in [5, 5.41) is 1.64. The molecule has 2 saturated heterocycles. The largest absolute Gasteiger partial charge is 0.472 e. The fourth-order valence-electron chi connectivity index (χ4n) is 5.88. The smallest absolute Gasteiger partial charge is 0.310 e. The maximum absolute atomic E-state index is 13.8. The van der Waals surface area contributed by atoms with Crippen molar-refractivity contribution < 1.29 is 32.0 Å². The highest BCUT2D eigenvalue weighted by Gasteiger charge is 2.55. The van der Waals surface area contributed by atoms with Gasteiger partial charge in [0.2, 0.25) is 5.91 Å². The zero-order valence-corrected chi connectivity index (χ0v) is 21.6. The minimum Gasteiger partial charge on any atom is -0.472 e.